The maximum Gasteiger partial charge on any atom is 0.352 e. The minimum Gasteiger partial charge on any atom is -0.496 e. The first-order chi connectivity index (χ1) is 15.6. The van der Waals surface area contributed by atoms with Gasteiger partial charge >= 0.3 is 5.97 Å². The molecule has 0 aromatic heterocycles. The average molecular weight is 460 g/mol. The van der Waals surface area contributed by atoms with Gasteiger partial charge in [0.25, 0.3) is 0 Å². The summed E-state index contributed by atoms with van der Waals surface area (Å²) in [5, 5.41) is 1.77. The molecule has 0 amide bonds. The van der Waals surface area contributed by atoms with Gasteiger partial charge in [0.15, 0.2) is 5.75 Å². The van der Waals surface area contributed by atoms with Gasteiger partial charge in [0.05, 0.1) is 13.7 Å². The molecule has 6 heteroatoms. The first-order valence-electron chi connectivity index (χ1n) is 11.3. The molecule has 0 atom stereocenters. The third kappa shape index (κ3) is 7.95. The van der Waals surface area contributed by atoms with E-state index in [2.05, 4.69) is 30.0 Å². The molecule has 0 spiro atoms. The van der Waals surface area contributed by atoms with Crippen molar-refractivity contribution in [2.24, 2.45) is 0 Å². The molecule has 0 heterocycles. The zero-order chi connectivity index (χ0) is 22.8. The SMILES string of the molecule is CCCc1cc(CCCCCOc2cccc3c(OOC(C)=O)cccc23)ccc1OC.[Na]. The van der Waals surface area contributed by atoms with Gasteiger partial charge < -0.3 is 9.47 Å². The Labute approximate surface area is 218 Å². The average Bonchev–Trinajstić information content (AvgIpc) is 2.80. The molecule has 0 aliphatic carbocycles. The van der Waals surface area contributed by atoms with Crippen LogP contribution in [0.5, 0.6) is 17.2 Å². The van der Waals surface area contributed by atoms with Crippen LogP contribution in [0.3, 0.4) is 0 Å². The molecule has 3 aromatic rings. The van der Waals surface area contributed by atoms with Crippen molar-refractivity contribution in [1.29, 1.82) is 0 Å². The van der Waals surface area contributed by atoms with E-state index in [1.54, 1.807) is 13.2 Å². The van der Waals surface area contributed by atoms with Crippen molar-refractivity contribution in [3.8, 4) is 17.2 Å². The van der Waals surface area contributed by atoms with E-state index in [0.29, 0.717) is 12.4 Å². The second-order valence-electron chi connectivity index (χ2n) is 7.82. The Morgan fingerprint density at radius 1 is 0.848 bits per heavy atom. The summed E-state index contributed by atoms with van der Waals surface area (Å²) in [5.41, 5.74) is 2.66. The maximum absolute atomic E-state index is 11.0. The van der Waals surface area contributed by atoms with Crippen LogP contribution in [0.2, 0.25) is 0 Å². The second-order valence-corrected chi connectivity index (χ2v) is 7.82. The van der Waals surface area contributed by atoms with Crippen molar-refractivity contribution in [1.82, 2.24) is 0 Å². The Balaban J connectivity index is 0.00000385. The van der Waals surface area contributed by atoms with Gasteiger partial charge in [-0.2, -0.15) is 0 Å². The topological polar surface area (TPSA) is 54.0 Å². The van der Waals surface area contributed by atoms with Crippen LogP contribution in [0, 0.1) is 0 Å². The van der Waals surface area contributed by atoms with E-state index in [1.165, 1.54) is 18.1 Å². The summed E-state index contributed by atoms with van der Waals surface area (Å²) >= 11 is 0. The molecule has 0 aliphatic rings. The zero-order valence-corrected chi connectivity index (χ0v) is 22.2. The number of hydrogen-bond acceptors (Lipinski definition) is 5. The number of benzene rings is 3. The van der Waals surface area contributed by atoms with Gasteiger partial charge in [0.1, 0.15) is 11.5 Å². The van der Waals surface area contributed by atoms with Gasteiger partial charge in [0, 0.05) is 47.3 Å². The van der Waals surface area contributed by atoms with Crippen molar-refractivity contribution in [3.05, 3.63) is 65.7 Å². The Morgan fingerprint density at radius 3 is 2.27 bits per heavy atom. The minimum absolute atomic E-state index is 0. The Hall–Kier alpha value is -2.21. The van der Waals surface area contributed by atoms with Crippen LogP contribution in [0.1, 0.15) is 50.7 Å². The predicted octanol–water partition coefficient (Wildman–Crippen LogP) is 6.07. The number of rotatable bonds is 12. The van der Waals surface area contributed by atoms with Crippen LogP contribution in [0.15, 0.2) is 54.6 Å². The number of hydrogen-bond donors (Lipinski definition) is 0. The third-order valence-corrected chi connectivity index (χ3v) is 5.32. The summed E-state index contributed by atoms with van der Waals surface area (Å²) in [7, 11) is 1.73. The molecule has 0 N–H and O–H groups in total. The fourth-order valence-electron chi connectivity index (χ4n) is 3.80. The summed E-state index contributed by atoms with van der Waals surface area (Å²) in [6, 6.07) is 17.9. The van der Waals surface area contributed by atoms with Crippen molar-refractivity contribution in [2.45, 2.75) is 52.4 Å². The Kier molecular flexibility index (Phi) is 11.6. The molecule has 3 rings (SSSR count). The van der Waals surface area contributed by atoms with Crippen LogP contribution in [-0.4, -0.2) is 49.2 Å². The summed E-state index contributed by atoms with van der Waals surface area (Å²) < 4.78 is 11.5. The number of carbonyl (C=O) groups excluding carboxylic acids is 1. The quantitative estimate of drug-likeness (QED) is 0.142. The smallest absolute Gasteiger partial charge is 0.352 e. The zero-order valence-electron chi connectivity index (χ0n) is 20.2. The molecule has 0 fully saturated rings. The van der Waals surface area contributed by atoms with Crippen molar-refractivity contribution in [3.63, 3.8) is 0 Å². The number of carbonyl (C=O) groups is 1. The summed E-state index contributed by atoms with van der Waals surface area (Å²) in [5.74, 6) is 1.78. The fraction of sp³-hybridized carbons (Fsp3) is 0.370. The van der Waals surface area contributed by atoms with Gasteiger partial charge in [-0.05, 0) is 61.4 Å². The monoisotopic (exact) mass is 459 g/mol. The molecule has 5 nitrogen and oxygen atoms in total. The van der Waals surface area contributed by atoms with Gasteiger partial charge in [0.2, 0.25) is 0 Å². The van der Waals surface area contributed by atoms with E-state index < -0.39 is 5.97 Å². The molecule has 3 aromatic carbocycles. The Bertz CT molecular complexity index is 1030. The molecule has 0 bridgehead atoms. The summed E-state index contributed by atoms with van der Waals surface area (Å²) in [6.07, 6.45) is 6.42. The summed E-state index contributed by atoms with van der Waals surface area (Å²) in [6.45, 7) is 4.14. The minimum atomic E-state index is -0.495. The molecular weight excluding hydrogens is 427 g/mol. The van der Waals surface area contributed by atoms with E-state index in [4.69, 9.17) is 14.4 Å². The fourth-order valence-corrected chi connectivity index (χ4v) is 3.80. The molecule has 0 saturated carbocycles. The largest absolute Gasteiger partial charge is 0.496 e. The van der Waals surface area contributed by atoms with Crippen LogP contribution in [-0.2, 0) is 22.5 Å². The van der Waals surface area contributed by atoms with Crippen molar-refractivity contribution in [2.75, 3.05) is 13.7 Å². The van der Waals surface area contributed by atoms with Crippen molar-refractivity contribution >= 4 is 46.3 Å². The first kappa shape index (κ1) is 27.0. The maximum atomic E-state index is 11.0. The standard InChI is InChI=1S/C27H32O5.Na/c1-4-10-22-19-21(16-17-25(22)29-3)11-6-5-7-18-30-26-14-8-13-24-23(26)12-9-15-27(24)32-31-20(2)28;/h8-9,12-17,19H,4-7,10-11,18H2,1-3H3;. The number of aryl methyl sites for hydroxylation is 2. The molecule has 1 radical (unpaired) electrons. The molecule has 171 valence electrons. The molecule has 0 saturated heterocycles. The van der Waals surface area contributed by atoms with Crippen LogP contribution >= 0.6 is 0 Å². The predicted molar refractivity (Wildman–Crippen MR) is 132 cm³/mol. The van der Waals surface area contributed by atoms with Gasteiger partial charge in [-0.3, -0.25) is 9.78 Å². The van der Waals surface area contributed by atoms with Gasteiger partial charge in [-0.15, -0.1) is 0 Å². The van der Waals surface area contributed by atoms with E-state index in [9.17, 15) is 4.79 Å². The third-order valence-electron chi connectivity index (χ3n) is 5.32. The van der Waals surface area contributed by atoms with E-state index in [0.717, 1.165) is 60.8 Å². The van der Waals surface area contributed by atoms with E-state index in [-0.39, 0.29) is 29.6 Å². The molecular formula is C27H32NaO5. The van der Waals surface area contributed by atoms with E-state index in [1.807, 2.05) is 30.3 Å². The van der Waals surface area contributed by atoms with Gasteiger partial charge in [-0.25, -0.2) is 4.79 Å². The van der Waals surface area contributed by atoms with Crippen molar-refractivity contribution < 1.29 is 24.0 Å². The van der Waals surface area contributed by atoms with Gasteiger partial charge in [-0.1, -0.05) is 49.7 Å². The van der Waals surface area contributed by atoms with Crippen LogP contribution in [0.25, 0.3) is 10.8 Å². The molecule has 0 aliphatic heterocycles. The van der Waals surface area contributed by atoms with Crippen LogP contribution < -0.4 is 14.4 Å². The summed E-state index contributed by atoms with van der Waals surface area (Å²) in [4.78, 5) is 20.9. The number of unbranched alkanes of at least 4 members (excludes halogenated alkanes) is 2. The number of methoxy groups -OCH3 is 1. The number of ether oxygens (including phenoxy) is 2. The molecule has 33 heavy (non-hydrogen) atoms. The second kappa shape index (κ2) is 14.1. The first-order valence-corrected chi connectivity index (χ1v) is 11.3. The van der Waals surface area contributed by atoms with Crippen LogP contribution in [0.4, 0.5) is 0 Å². The normalized spacial score (nSPS) is 10.4. The molecule has 0 unspecified atom stereocenters. The van der Waals surface area contributed by atoms with E-state index >= 15 is 0 Å². The Morgan fingerprint density at radius 2 is 1.58 bits per heavy atom. The number of fused-ring (bicyclic) bond motifs is 1.